The van der Waals surface area contributed by atoms with Gasteiger partial charge in [0.05, 0.1) is 6.61 Å². The molecule has 0 aliphatic carbocycles. The molecule has 0 aromatic carbocycles. The summed E-state index contributed by atoms with van der Waals surface area (Å²) in [5.41, 5.74) is 0.0739. The summed E-state index contributed by atoms with van der Waals surface area (Å²) in [5, 5.41) is 2.89. The Labute approximate surface area is 99.9 Å². The van der Waals surface area contributed by atoms with Gasteiger partial charge in [-0.15, -0.1) is 0 Å². The molecule has 0 aliphatic rings. The van der Waals surface area contributed by atoms with E-state index in [1.807, 2.05) is 6.92 Å². The predicted molar refractivity (Wildman–Crippen MR) is 67.4 cm³/mol. The van der Waals surface area contributed by atoms with Gasteiger partial charge in [-0.3, -0.25) is 4.79 Å². The molecule has 16 heavy (non-hydrogen) atoms. The number of hydrogen-bond donors (Lipinski definition) is 1. The molecule has 1 amide bonds. The fourth-order valence-electron chi connectivity index (χ4n) is 1.61. The van der Waals surface area contributed by atoms with E-state index in [9.17, 15) is 4.79 Å². The zero-order valence-electron chi connectivity index (χ0n) is 11.4. The highest BCUT2D eigenvalue weighted by Crippen LogP contribution is 2.32. The summed E-state index contributed by atoms with van der Waals surface area (Å²) >= 11 is 0. The Morgan fingerprint density at radius 2 is 2.00 bits per heavy atom. The van der Waals surface area contributed by atoms with Crippen LogP contribution in [0, 0.1) is 11.3 Å². The average Bonchev–Trinajstić information content (AvgIpc) is 2.22. The molecule has 0 rings (SSSR count). The molecule has 0 saturated heterocycles. The molecule has 3 nitrogen and oxygen atoms in total. The maximum absolute atomic E-state index is 11.7. The van der Waals surface area contributed by atoms with Crippen LogP contribution in [0.25, 0.3) is 0 Å². The van der Waals surface area contributed by atoms with Gasteiger partial charge in [0.2, 0.25) is 5.91 Å². The van der Waals surface area contributed by atoms with Crippen molar-refractivity contribution >= 4 is 5.91 Å². The molecule has 0 spiro atoms. The Balaban J connectivity index is 3.85. The van der Waals surface area contributed by atoms with Crippen LogP contribution in [0.2, 0.25) is 0 Å². The minimum Gasteiger partial charge on any atom is -0.380 e. The molecule has 96 valence electrons. The highest BCUT2D eigenvalue weighted by Gasteiger charge is 2.27. The number of amides is 1. The van der Waals surface area contributed by atoms with E-state index in [-0.39, 0.29) is 11.3 Å². The average molecular weight is 229 g/mol. The summed E-state index contributed by atoms with van der Waals surface area (Å²) in [6.45, 7) is 12.6. The van der Waals surface area contributed by atoms with Crippen LogP contribution in [-0.2, 0) is 9.53 Å². The van der Waals surface area contributed by atoms with Gasteiger partial charge in [-0.25, -0.2) is 0 Å². The van der Waals surface area contributed by atoms with Crippen LogP contribution in [0.1, 0.15) is 47.5 Å². The summed E-state index contributed by atoms with van der Waals surface area (Å²) in [7, 11) is 0. The number of hydrogen-bond acceptors (Lipinski definition) is 2. The zero-order valence-corrected chi connectivity index (χ0v) is 11.4. The third kappa shape index (κ3) is 6.11. The standard InChI is InChI=1S/C13H27NO2/c1-6-11(3)13(4,5)10-12(15)14-8-9-16-7-2/h11H,6-10H2,1-5H3,(H,14,15). The van der Waals surface area contributed by atoms with E-state index in [1.54, 1.807) is 0 Å². The lowest BCUT2D eigenvalue weighted by molar-refractivity contribution is -0.123. The van der Waals surface area contributed by atoms with Gasteiger partial charge in [-0.05, 0) is 18.3 Å². The molecular weight excluding hydrogens is 202 g/mol. The number of nitrogens with one attached hydrogen (secondary N) is 1. The molecule has 3 heteroatoms. The van der Waals surface area contributed by atoms with Gasteiger partial charge < -0.3 is 10.1 Å². The smallest absolute Gasteiger partial charge is 0.220 e. The monoisotopic (exact) mass is 229 g/mol. The van der Waals surface area contributed by atoms with Crippen molar-refractivity contribution in [2.75, 3.05) is 19.8 Å². The number of carbonyl (C=O) groups excluding carboxylic acids is 1. The van der Waals surface area contributed by atoms with Crippen molar-refractivity contribution in [2.45, 2.75) is 47.5 Å². The lowest BCUT2D eigenvalue weighted by atomic mass is 9.76. The van der Waals surface area contributed by atoms with E-state index in [0.717, 1.165) is 6.42 Å². The van der Waals surface area contributed by atoms with Gasteiger partial charge in [0.25, 0.3) is 0 Å². The van der Waals surface area contributed by atoms with Crippen molar-refractivity contribution in [1.29, 1.82) is 0 Å². The molecule has 0 bridgehead atoms. The maximum Gasteiger partial charge on any atom is 0.220 e. The third-order valence-electron chi connectivity index (χ3n) is 3.34. The molecule has 0 radical (unpaired) electrons. The summed E-state index contributed by atoms with van der Waals surface area (Å²) in [4.78, 5) is 11.7. The molecule has 0 fully saturated rings. The van der Waals surface area contributed by atoms with Crippen LogP contribution in [0.15, 0.2) is 0 Å². The fraction of sp³-hybridized carbons (Fsp3) is 0.923. The second-order valence-electron chi connectivity index (χ2n) is 5.02. The minimum absolute atomic E-state index is 0.0739. The maximum atomic E-state index is 11.7. The largest absolute Gasteiger partial charge is 0.380 e. The quantitative estimate of drug-likeness (QED) is 0.650. The Hall–Kier alpha value is -0.570. The predicted octanol–water partition coefficient (Wildman–Crippen LogP) is 2.60. The third-order valence-corrected chi connectivity index (χ3v) is 3.34. The van der Waals surface area contributed by atoms with Crippen molar-refractivity contribution < 1.29 is 9.53 Å². The first-order valence-electron chi connectivity index (χ1n) is 6.28. The molecule has 0 aromatic heterocycles. The van der Waals surface area contributed by atoms with E-state index in [1.165, 1.54) is 0 Å². The van der Waals surface area contributed by atoms with Crippen molar-refractivity contribution in [3.05, 3.63) is 0 Å². The van der Waals surface area contributed by atoms with Gasteiger partial charge in [-0.2, -0.15) is 0 Å². The van der Waals surface area contributed by atoms with Gasteiger partial charge in [0, 0.05) is 19.6 Å². The topological polar surface area (TPSA) is 38.3 Å². The second kappa shape index (κ2) is 7.66. The zero-order chi connectivity index (χ0) is 12.6. The van der Waals surface area contributed by atoms with Crippen molar-refractivity contribution in [2.24, 2.45) is 11.3 Å². The lowest BCUT2D eigenvalue weighted by Crippen LogP contribution is -2.33. The molecular formula is C13H27NO2. The normalized spacial score (nSPS) is 13.6. The summed E-state index contributed by atoms with van der Waals surface area (Å²) in [6.07, 6.45) is 1.70. The fourth-order valence-corrected chi connectivity index (χ4v) is 1.61. The first kappa shape index (κ1) is 15.4. The van der Waals surface area contributed by atoms with Gasteiger partial charge in [0.1, 0.15) is 0 Å². The molecule has 1 N–H and O–H groups in total. The molecule has 0 aromatic rings. The van der Waals surface area contributed by atoms with Crippen molar-refractivity contribution in [3.8, 4) is 0 Å². The van der Waals surface area contributed by atoms with E-state index < -0.39 is 0 Å². The van der Waals surface area contributed by atoms with Crippen LogP contribution in [-0.4, -0.2) is 25.7 Å². The molecule has 0 aliphatic heterocycles. The second-order valence-corrected chi connectivity index (χ2v) is 5.02. The van der Waals surface area contributed by atoms with E-state index in [2.05, 4.69) is 33.0 Å². The Kier molecular flexibility index (Phi) is 7.39. The summed E-state index contributed by atoms with van der Waals surface area (Å²) < 4.78 is 5.17. The van der Waals surface area contributed by atoms with Crippen LogP contribution >= 0.6 is 0 Å². The number of carbonyl (C=O) groups is 1. The van der Waals surface area contributed by atoms with E-state index >= 15 is 0 Å². The SMILES string of the molecule is CCOCCNC(=O)CC(C)(C)C(C)CC. The van der Waals surface area contributed by atoms with Crippen LogP contribution in [0.5, 0.6) is 0 Å². The van der Waals surface area contributed by atoms with Crippen LogP contribution < -0.4 is 5.32 Å². The molecule has 0 saturated carbocycles. The summed E-state index contributed by atoms with van der Waals surface area (Å²) in [6, 6.07) is 0. The van der Waals surface area contributed by atoms with Crippen LogP contribution in [0.4, 0.5) is 0 Å². The lowest BCUT2D eigenvalue weighted by Gasteiger charge is -2.30. The summed E-state index contributed by atoms with van der Waals surface area (Å²) in [5.74, 6) is 0.690. The first-order valence-corrected chi connectivity index (χ1v) is 6.28. The van der Waals surface area contributed by atoms with E-state index in [4.69, 9.17) is 4.74 Å². The first-order chi connectivity index (χ1) is 7.44. The van der Waals surface area contributed by atoms with Crippen molar-refractivity contribution in [3.63, 3.8) is 0 Å². The number of ether oxygens (including phenoxy) is 1. The molecule has 1 atom stereocenters. The highest BCUT2D eigenvalue weighted by atomic mass is 16.5. The van der Waals surface area contributed by atoms with E-state index in [0.29, 0.717) is 32.1 Å². The van der Waals surface area contributed by atoms with Gasteiger partial charge >= 0.3 is 0 Å². The number of rotatable bonds is 8. The van der Waals surface area contributed by atoms with Crippen molar-refractivity contribution in [1.82, 2.24) is 5.32 Å². The molecule has 0 heterocycles. The molecule has 1 unspecified atom stereocenters. The highest BCUT2D eigenvalue weighted by molar-refractivity contribution is 5.76. The minimum atomic E-state index is 0.0739. The van der Waals surface area contributed by atoms with Gasteiger partial charge in [-0.1, -0.05) is 34.1 Å². The Morgan fingerprint density at radius 1 is 1.38 bits per heavy atom. The Morgan fingerprint density at radius 3 is 2.50 bits per heavy atom. The van der Waals surface area contributed by atoms with Gasteiger partial charge in [0.15, 0.2) is 0 Å². The Bertz CT molecular complexity index is 202. The van der Waals surface area contributed by atoms with Crippen LogP contribution in [0.3, 0.4) is 0 Å².